The number of carbonyl (C=O) groups excluding carboxylic acids is 1. The zero-order chi connectivity index (χ0) is 18.0. The van der Waals surface area contributed by atoms with Crippen molar-refractivity contribution in [3.8, 4) is 5.69 Å². The molecule has 1 N–H and O–H groups in total. The van der Waals surface area contributed by atoms with Crippen molar-refractivity contribution >= 4 is 5.91 Å². The number of amides is 1. The van der Waals surface area contributed by atoms with Crippen LogP contribution in [0.3, 0.4) is 0 Å². The van der Waals surface area contributed by atoms with Crippen LogP contribution < -0.4 is 5.32 Å². The molecule has 0 aliphatic heterocycles. The minimum absolute atomic E-state index is 0.280. The largest absolute Gasteiger partial charge is 0.435 e. The summed E-state index contributed by atoms with van der Waals surface area (Å²) in [6, 6.07) is 9.21. The first-order valence-electron chi connectivity index (χ1n) is 7.33. The smallest absolute Gasteiger partial charge is 0.347 e. The maximum atomic E-state index is 12.6. The van der Waals surface area contributed by atoms with Gasteiger partial charge in [0.25, 0.3) is 5.91 Å². The molecule has 1 aromatic carbocycles. The Morgan fingerprint density at radius 3 is 2.36 bits per heavy atom. The fourth-order valence-electron chi connectivity index (χ4n) is 2.19. The van der Waals surface area contributed by atoms with Crippen LogP contribution in [0, 0.1) is 0 Å². The Labute approximate surface area is 140 Å². The van der Waals surface area contributed by atoms with E-state index in [2.05, 4.69) is 15.5 Å². The molecule has 0 saturated heterocycles. The van der Waals surface area contributed by atoms with Crippen LogP contribution in [0.1, 0.15) is 21.7 Å². The summed E-state index contributed by atoms with van der Waals surface area (Å²) in [7, 11) is 1.72. The lowest BCUT2D eigenvalue weighted by Crippen LogP contribution is -2.23. The Bertz CT molecular complexity index is 880. The number of nitrogens with zero attached hydrogens (tertiary/aromatic N) is 4. The molecule has 0 saturated carbocycles. The number of halogens is 3. The van der Waals surface area contributed by atoms with E-state index >= 15 is 0 Å². The van der Waals surface area contributed by atoms with Crippen molar-refractivity contribution in [3.05, 3.63) is 65.7 Å². The van der Waals surface area contributed by atoms with Gasteiger partial charge in [-0.15, -0.1) is 0 Å². The third-order valence-corrected chi connectivity index (χ3v) is 3.48. The minimum Gasteiger partial charge on any atom is -0.347 e. The number of benzene rings is 1. The van der Waals surface area contributed by atoms with Crippen LogP contribution in [0.4, 0.5) is 13.2 Å². The fourth-order valence-corrected chi connectivity index (χ4v) is 2.19. The van der Waals surface area contributed by atoms with Crippen LogP contribution in [-0.4, -0.2) is 25.5 Å². The van der Waals surface area contributed by atoms with Crippen LogP contribution in [0.25, 0.3) is 5.69 Å². The van der Waals surface area contributed by atoms with E-state index in [0.29, 0.717) is 11.4 Å². The lowest BCUT2D eigenvalue weighted by atomic mass is 10.2. The average molecular weight is 349 g/mol. The first-order valence-corrected chi connectivity index (χ1v) is 7.33. The van der Waals surface area contributed by atoms with E-state index in [9.17, 15) is 18.0 Å². The first kappa shape index (κ1) is 16.7. The summed E-state index contributed by atoms with van der Waals surface area (Å²) in [6.45, 7) is 0.280. The van der Waals surface area contributed by atoms with Gasteiger partial charge < -0.3 is 5.32 Å². The minimum atomic E-state index is -4.47. The summed E-state index contributed by atoms with van der Waals surface area (Å²) in [4.78, 5) is 11.9. The maximum absolute atomic E-state index is 12.6. The van der Waals surface area contributed by atoms with E-state index in [0.717, 1.165) is 16.3 Å². The normalized spacial score (nSPS) is 11.5. The van der Waals surface area contributed by atoms with Gasteiger partial charge in [0.1, 0.15) is 5.69 Å². The first-order chi connectivity index (χ1) is 11.8. The van der Waals surface area contributed by atoms with Gasteiger partial charge in [0.05, 0.1) is 5.69 Å². The molecular weight excluding hydrogens is 335 g/mol. The van der Waals surface area contributed by atoms with Gasteiger partial charge in [-0.25, -0.2) is 4.68 Å². The zero-order valence-electron chi connectivity index (χ0n) is 13.2. The second kappa shape index (κ2) is 6.42. The molecule has 2 aromatic heterocycles. The van der Waals surface area contributed by atoms with Crippen LogP contribution in [0.5, 0.6) is 0 Å². The average Bonchev–Trinajstić information content (AvgIpc) is 3.22. The summed E-state index contributed by atoms with van der Waals surface area (Å²) < 4.78 is 40.4. The van der Waals surface area contributed by atoms with E-state index in [-0.39, 0.29) is 12.5 Å². The number of rotatable bonds is 4. The standard InChI is InChI=1S/C16H14F3N5O/c1-23-8-6-13(21-23)15(25)20-10-11-2-4-12(5-3-11)24-9-7-14(22-24)16(17,18)19/h2-9H,10H2,1H3,(H,20,25). The summed E-state index contributed by atoms with van der Waals surface area (Å²) in [6.07, 6.45) is -1.55. The maximum Gasteiger partial charge on any atom is 0.435 e. The van der Waals surface area contributed by atoms with Crippen LogP contribution >= 0.6 is 0 Å². The predicted molar refractivity (Wildman–Crippen MR) is 82.9 cm³/mol. The van der Waals surface area contributed by atoms with Crippen molar-refractivity contribution in [1.82, 2.24) is 24.9 Å². The molecule has 25 heavy (non-hydrogen) atoms. The van der Waals surface area contributed by atoms with Crippen LogP contribution in [0.2, 0.25) is 0 Å². The monoisotopic (exact) mass is 349 g/mol. The quantitative estimate of drug-likeness (QED) is 0.787. The molecule has 0 bridgehead atoms. The topological polar surface area (TPSA) is 64.7 Å². The number of hydrogen-bond donors (Lipinski definition) is 1. The number of alkyl halides is 3. The van der Waals surface area contributed by atoms with E-state index in [1.807, 2.05) is 0 Å². The highest BCUT2D eigenvalue weighted by Gasteiger charge is 2.33. The van der Waals surface area contributed by atoms with E-state index in [1.165, 1.54) is 10.9 Å². The van der Waals surface area contributed by atoms with Crippen molar-refractivity contribution < 1.29 is 18.0 Å². The van der Waals surface area contributed by atoms with Gasteiger partial charge in [-0.2, -0.15) is 23.4 Å². The SMILES string of the molecule is Cn1ccc(C(=O)NCc2ccc(-n3ccc(C(F)(F)F)n3)cc2)n1. The van der Waals surface area contributed by atoms with Gasteiger partial charge >= 0.3 is 6.18 Å². The van der Waals surface area contributed by atoms with Gasteiger partial charge in [0.2, 0.25) is 0 Å². The molecule has 0 aliphatic carbocycles. The van der Waals surface area contributed by atoms with Crippen molar-refractivity contribution in [3.63, 3.8) is 0 Å². The zero-order valence-corrected chi connectivity index (χ0v) is 13.2. The molecule has 130 valence electrons. The predicted octanol–water partition coefficient (Wildman–Crippen LogP) is 2.55. The van der Waals surface area contributed by atoms with Gasteiger partial charge in [-0.05, 0) is 29.8 Å². The van der Waals surface area contributed by atoms with Gasteiger partial charge in [0, 0.05) is 26.0 Å². The molecule has 9 heteroatoms. The lowest BCUT2D eigenvalue weighted by molar-refractivity contribution is -0.141. The van der Waals surface area contributed by atoms with E-state index in [1.54, 1.807) is 43.6 Å². The molecule has 3 aromatic rings. The number of hydrogen-bond acceptors (Lipinski definition) is 3. The number of nitrogens with one attached hydrogen (secondary N) is 1. The Balaban J connectivity index is 1.64. The third kappa shape index (κ3) is 3.87. The highest BCUT2D eigenvalue weighted by molar-refractivity contribution is 5.92. The second-order valence-corrected chi connectivity index (χ2v) is 5.37. The number of aryl methyl sites for hydroxylation is 1. The number of aromatic nitrogens is 4. The van der Waals surface area contributed by atoms with E-state index in [4.69, 9.17) is 0 Å². The molecule has 2 heterocycles. The van der Waals surface area contributed by atoms with Crippen molar-refractivity contribution in [2.24, 2.45) is 7.05 Å². The van der Waals surface area contributed by atoms with Crippen molar-refractivity contribution in [2.75, 3.05) is 0 Å². The van der Waals surface area contributed by atoms with Crippen LogP contribution in [0.15, 0.2) is 48.8 Å². The Morgan fingerprint density at radius 1 is 1.08 bits per heavy atom. The summed E-state index contributed by atoms with van der Waals surface area (Å²) in [5.74, 6) is -0.299. The Hall–Kier alpha value is -3.10. The molecule has 1 amide bonds. The molecule has 0 unspecified atom stereocenters. The molecular formula is C16H14F3N5O. The Morgan fingerprint density at radius 2 is 1.80 bits per heavy atom. The summed E-state index contributed by atoms with van der Waals surface area (Å²) in [5, 5.41) is 10.2. The molecule has 0 aliphatic rings. The highest BCUT2D eigenvalue weighted by Crippen LogP contribution is 2.27. The van der Waals surface area contributed by atoms with Crippen molar-refractivity contribution in [2.45, 2.75) is 12.7 Å². The lowest BCUT2D eigenvalue weighted by Gasteiger charge is -2.06. The molecule has 0 spiro atoms. The van der Waals surface area contributed by atoms with Gasteiger partial charge in [0.15, 0.2) is 5.69 Å². The molecule has 0 fully saturated rings. The number of carbonyl (C=O) groups is 1. The third-order valence-electron chi connectivity index (χ3n) is 3.48. The molecule has 0 radical (unpaired) electrons. The molecule has 6 nitrogen and oxygen atoms in total. The van der Waals surface area contributed by atoms with E-state index < -0.39 is 11.9 Å². The summed E-state index contributed by atoms with van der Waals surface area (Å²) >= 11 is 0. The summed E-state index contributed by atoms with van der Waals surface area (Å²) in [5.41, 5.74) is 0.668. The highest BCUT2D eigenvalue weighted by atomic mass is 19.4. The fraction of sp³-hybridized carbons (Fsp3) is 0.188. The Kier molecular flexibility index (Phi) is 4.30. The van der Waals surface area contributed by atoms with Gasteiger partial charge in [-0.1, -0.05) is 12.1 Å². The van der Waals surface area contributed by atoms with Crippen LogP contribution in [-0.2, 0) is 19.8 Å². The van der Waals surface area contributed by atoms with Crippen molar-refractivity contribution in [1.29, 1.82) is 0 Å². The molecule has 3 rings (SSSR count). The van der Waals surface area contributed by atoms with Gasteiger partial charge in [-0.3, -0.25) is 9.48 Å². The molecule has 0 atom stereocenters. The second-order valence-electron chi connectivity index (χ2n) is 5.37.